The maximum Gasteiger partial charge on any atom is 0.140 e. The van der Waals surface area contributed by atoms with Gasteiger partial charge in [0, 0.05) is 22.4 Å². The lowest BCUT2D eigenvalue weighted by Crippen LogP contribution is -2.35. The molecule has 1 atom stereocenters. The molecule has 0 bridgehead atoms. The van der Waals surface area contributed by atoms with E-state index in [-0.39, 0.29) is 17.1 Å². The zero-order valence-corrected chi connectivity index (χ0v) is 13.0. The van der Waals surface area contributed by atoms with Gasteiger partial charge in [-0.3, -0.25) is 4.79 Å². The summed E-state index contributed by atoms with van der Waals surface area (Å²) >= 11 is 12.3. The van der Waals surface area contributed by atoms with E-state index in [0.29, 0.717) is 16.5 Å². The fourth-order valence-electron chi connectivity index (χ4n) is 3.09. The van der Waals surface area contributed by atoms with Crippen LogP contribution >= 0.6 is 23.2 Å². The van der Waals surface area contributed by atoms with Gasteiger partial charge in [-0.1, -0.05) is 56.0 Å². The summed E-state index contributed by atoms with van der Waals surface area (Å²) < 4.78 is 0. The second-order valence-corrected chi connectivity index (χ2v) is 6.94. The fraction of sp³-hybridized carbons (Fsp3) is 0.562. The van der Waals surface area contributed by atoms with Gasteiger partial charge in [0.1, 0.15) is 5.78 Å². The van der Waals surface area contributed by atoms with Crippen LogP contribution in [0.1, 0.15) is 45.1 Å². The molecular formula is C16H20Cl2O. The first-order chi connectivity index (χ1) is 8.92. The summed E-state index contributed by atoms with van der Waals surface area (Å²) in [4.78, 5) is 12.6. The van der Waals surface area contributed by atoms with Crippen LogP contribution in [0, 0.1) is 11.3 Å². The van der Waals surface area contributed by atoms with Crippen molar-refractivity contribution in [2.75, 3.05) is 0 Å². The minimum atomic E-state index is 0.100. The van der Waals surface area contributed by atoms with Gasteiger partial charge >= 0.3 is 0 Å². The summed E-state index contributed by atoms with van der Waals surface area (Å²) in [6.07, 6.45) is 4.85. The molecule has 1 aliphatic carbocycles. The first-order valence-electron chi connectivity index (χ1n) is 6.87. The van der Waals surface area contributed by atoms with Gasteiger partial charge < -0.3 is 0 Å². The van der Waals surface area contributed by atoms with Crippen molar-refractivity contribution in [3.63, 3.8) is 0 Å². The standard InChI is InChI=1S/C16H20Cl2O/c1-16(2)9-4-3-6-12(16)15(19)10-11-13(17)7-5-8-14(11)18/h5,7-8,12H,3-4,6,9-10H2,1-2H3. The summed E-state index contributed by atoms with van der Waals surface area (Å²) in [5.41, 5.74) is 0.875. The van der Waals surface area contributed by atoms with Gasteiger partial charge in [-0.25, -0.2) is 0 Å². The topological polar surface area (TPSA) is 17.1 Å². The van der Waals surface area contributed by atoms with Gasteiger partial charge in [-0.15, -0.1) is 0 Å². The van der Waals surface area contributed by atoms with E-state index in [0.717, 1.165) is 24.8 Å². The van der Waals surface area contributed by atoms with Crippen LogP contribution < -0.4 is 0 Å². The highest BCUT2D eigenvalue weighted by Crippen LogP contribution is 2.42. The van der Waals surface area contributed by atoms with Gasteiger partial charge in [0.25, 0.3) is 0 Å². The van der Waals surface area contributed by atoms with E-state index in [4.69, 9.17) is 23.2 Å². The molecule has 0 heterocycles. The van der Waals surface area contributed by atoms with Crippen molar-refractivity contribution in [1.82, 2.24) is 0 Å². The lowest BCUT2D eigenvalue weighted by molar-refractivity contribution is -0.127. The predicted molar refractivity (Wildman–Crippen MR) is 80.9 cm³/mol. The zero-order valence-electron chi connectivity index (χ0n) is 11.5. The Labute approximate surface area is 125 Å². The van der Waals surface area contributed by atoms with Crippen molar-refractivity contribution < 1.29 is 4.79 Å². The number of hydrogen-bond donors (Lipinski definition) is 0. The van der Waals surface area contributed by atoms with Crippen molar-refractivity contribution in [3.05, 3.63) is 33.8 Å². The third-order valence-corrected chi connectivity index (χ3v) is 5.02. The molecule has 104 valence electrons. The molecule has 0 N–H and O–H groups in total. The van der Waals surface area contributed by atoms with Crippen molar-refractivity contribution in [2.45, 2.75) is 46.0 Å². The van der Waals surface area contributed by atoms with E-state index < -0.39 is 0 Å². The molecule has 1 aromatic carbocycles. The molecule has 19 heavy (non-hydrogen) atoms. The Morgan fingerprint density at radius 3 is 2.47 bits per heavy atom. The molecule has 1 saturated carbocycles. The monoisotopic (exact) mass is 298 g/mol. The summed E-state index contributed by atoms with van der Waals surface area (Å²) in [5, 5.41) is 1.18. The number of ketones is 1. The van der Waals surface area contributed by atoms with E-state index in [1.165, 1.54) is 6.42 Å². The SMILES string of the molecule is CC1(C)CCCCC1C(=O)Cc1c(Cl)cccc1Cl. The fourth-order valence-corrected chi connectivity index (χ4v) is 3.62. The Hall–Kier alpha value is -0.530. The first kappa shape index (κ1) is 14.9. The molecule has 1 fully saturated rings. The molecule has 1 unspecified atom stereocenters. The zero-order chi connectivity index (χ0) is 14.0. The van der Waals surface area contributed by atoms with E-state index in [2.05, 4.69) is 13.8 Å². The highest BCUT2D eigenvalue weighted by atomic mass is 35.5. The molecule has 0 aromatic heterocycles. The van der Waals surface area contributed by atoms with Crippen molar-refractivity contribution in [1.29, 1.82) is 0 Å². The van der Waals surface area contributed by atoms with Crippen LogP contribution in [-0.4, -0.2) is 5.78 Å². The van der Waals surface area contributed by atoms with Gasteiger partial charge in [0.15, 0.2) is 0 Å². The van der Waals surface area contributed by atoms with Crippen molar-refractivity contribution in [3.8, 4) is 0 Å². The third-order valence-electron chi connectivity index (χ3n) is 4.31. The summed E-state index contributed by atoms with van der Waals surface area (Å²) in [6.45, 7) is 4.39. The molecule has 1 aliphatic rings. The van der Waals surface area contributed by atoms with Crippen LogP contribution in [-0.2, 0) is 11.2 Å². The van der Waals surface area contributed by atoms with Crippen LogP contribution in [0.3, 0.4) is 0 Å². The molecular weight excluding hydrogens is 279 g/mol. The number of halogens is 2. The smallest absolute Gasteiger partial charge is 0.140 e. The van der Waals surface area contributed by atoms with Gasteiger partial charge in [-0.05, 0) is 36.0 Å². The van der Waals surface area contributed by atoms with Crippen LogP contribution in [0.4, 0.5) is 0 Å². The number of hydrogen-bond acceptors (Lipinski definition) is 1. The largest absolute Gasteiger partial charge is 0.299 e. The van der Waals surface area contributed by atoms with Gasteiger partial charge in [-0.2, -0.15) is 0 Å². The molecule has 2 rings (SSSR count). The molecule has 0 aliphatic heterocycles. The van der Waals surface area contributed by atoms with Crippen molar-refractivity contribution in [2.24, 2.45) is 11.3 Å². The predicted octanol–water partition coefficient (Wildman–Crippen LogP) is 5.32. The van der Waals surface area contributed by atoms with E-state index >= 15 is 0 Å². The quantitative estimate of drug-likeness (QED) is 0.738. The average Bonchev–Trinajstić information content (AvgIpc) is 2.33. The van der Waals surface area contributed by atoms with Crippen LogP contribution in [0.25, 0.3) is 0 Å². The summed E-state index contributed by atoms with van der Waals surface area (Å²) in [7, 11) is 0. The summed E-state index contributed by atoms with van der Waals surface area (Å²) in [6, 6.07) is 5.40. The Bertz CT molecular complexity index is 459. The van der Waals surface area contributed by atoms with E-state index in [1.807, 2.05) is 6.07 Å². The van der Waals surface area contributed by atoms with Crippen LogP contribution in [0.2, 0.25) is 10.0 Å². The van der Waals surface area contributed by atoms with Crippen molar-refractivity contribution >= 4 is 29.0 Å². The maximum absolute atomic E-state index is 12.6. The highest BCUT2D eigenvalue weighted by Gasteiger charge is 2.36. The third kappa shape index (κ3) is 3.32. The summed E-state index contributed by atoms with van der Waals surface area (Å²) in [5.74, 6) is 0.410. The number of rotatable bonds is 3. The lowest BCUT2D eigenvalue weighted by atomic mass is 9.66. The Morgan fingerprint density at radius 2 is 1.89 bits per heavy atom. The number of carbonyl (C=O) groups is 1. The Balaban J connectivity index is 2.17. The molecule has 0 amide bonds. The normalized spacial score (nSPS) is 22.2. The molecule has 0 saturated heterocycles. The molecule has 3 heteroatoms. The van der Waals surface area contributed by atoms with Crippen LogP contribution in [0.5, 0.6) is 0 Å². The minimum absolute atomic E-state index is 0.100. The number of Topliss-reactive ketones (excluding diaryl/α,β-unsaturated/α-hetero) is 1. The lowest BCUT2D eigenvalue weighted by Gasteiger charge is -2.37. The van der Waals surface area contributed by atoms with Gasteiger partial charge in [0.2, 0.25) is 0 Å². The average molecular weight is 299 g/mol. The minimum Gasteiger partial charge on any atom is -0.299 e. The second kappa shape index (κ2) is 5.85. The molecule has 0 spiro atoms. The Morgan fingerprint density at radius 1 is 1.26 bits per heavy atom. The number of benzene rings is 1. The first-order valence-corrected chi connectivity index (χ1v) is 7.63. The maximum atomic E-state index is 12.6. The molecule has 1 aromatic rings. The Kier molecular flexibility index (Phi) is 4.58. The van der Waals surface area contributed by atoms with E-state index in [1.54, 1.807) is 12.1 Å². The van der Waals surface area contributed by atoms with Gasteiger partial charge in [0.05, 0.1) is 0 Å². The number of carbonyl (C=O) groups excluding carboxylic acids is 1. The van der Waals surface area contributed by atoms with E-state index in [9.17, 15) is 4.79 Å². The molecule has 1 nitrogen and oxygen atoms in total. The highest BCUT2D eigenvalue weighted by molar-refractivity contribution is 6.36. The second-order valence-electron chi connectivity index (χ2n) is 6.13. The van der Waals surface area contributed by atoms with Crippen LogP contribution in [0.15, 0.2) is 18.2 Å². The molecule has 0 radical (unpaired) electrons.